The highest BCUT2D eigenvalue weighted by molar-refractivity contribution is 5.15. The van der Waals surface area contributed by atoms with Gasteiger partial charge in [0.05, 0.1) is 0 Å². The van der Waals surface area contributed by atoms with Gasteiger partial charge in [0.15, 0.2) is 0 Å². The first-order valence-corrected chi connectivity index (χ1v) is 10.9. The molecule has 2 aliphatic heterocycles. The largest absolute Gasteiger partial charge is 0.299 e. The number of benzene rings is 2. The van der Waals surface area contributed by atoms with Crippen molar-refractivity contribution in [3.63, 3.8) is 0 Å². The minimum atomic E-state index is 0.606. The molecule has 0 saturated carbocycles. The fraction of sp³-hybridized carbons (Fsp3) is 0.500. The first-order chi connectivity index (χ1) is 13.8. The summed E-state index contributed by atoms with van der Waals surface area (Å²) in [6.45, 7) is 6.91. The average Bonchev–Trinajstić information content (AvgIpc) is 2.76. The lowest BCUT2D eigenvalue weighted by Gasteiger charge is -2.36. The lowest BCUT2D eigenvalue weighted by molar-refractivity contribution is 0.154. The summed E-state index contributed by atoms with van der Waals surface area (Å²) in [7, 11) is 0. The van der Waals surface area contributed by atoms with E-state index in [1.807, 2.05) is 0 Å². The van der Waals surface area contributed by atoms with Crippen LogP contribution in [0.2, 0.25) is 0 Å². The van der Waals surface area contributed by atoms with Gasteiger partial charge in [0, 0.05) is 51.4 Å². The SMILES string of the molecule is c1ccc(CN2CCC(NNC3CCN(Cc4ccccc4)CC3)CC2)cc1. The number of likely N-dealkylation sites (tertiary alicyclic amines) is 2. The van der Waals surface area contributed by atoms with Gasteiger partial charge in [-0.1, -0.05) is 60.7 Å². The number of nitrogens with zero attached hydrogens (tertiary/aromatic N) is 2. The van der Waals surface area contributed by atoms with E-state index in [4.69, 9.17) is 0 Å². The van der Waals surface area contributed by atoms with Crippen LogP contribution >= 0.6 is 0 Å². The Balaban J connectivity index is 1.11. The normalized spacial score (nSPS) is 20.4. The third kappa shape index (κ3) is 5.89. The molecule has 0 spiro atoms. The molecule has 0 bridgehead atoms. The van der Waals surface area contributed by atoms with Crippen molar-refractivity contribution in [2.24, 2.45) is 0 Å². The molecule has 2 aliphatic rings. The second-order valence-corrected chi connectivity index (χ2v) is 8.36. The molecule has 0 radical (unpaired) electrons. The van der Waals surface area contributed by atoms with Gasteiger partial charge in [-0.3, -0.25) is 20.7 Å². The summed E-state index contributed by atoms with van der Waals surface area (Å²) in [6.07, 6.45) is 4.92. The zero-order valence-electron chi connectivity index (χ0n) is 16.9. The summed E-state index contributed by atoms with van der Waals surface area (Å²) in [5.41, 5.74) is 10.1. The molecule has 2 heterocycles. The average molecular weight is 379 g/mol. The molecule has 2 N–H and O–H groups in total. The molecule has 2 aromatic rings. The second-order valence-electron chi connectivity index (χ2n) is 8.36. The topological polar surface area (TPSA) is 30.5 Å². The van der Waals surface area contributed by atoms with Crippen LogP contribution in [0.3, 0.4) is 0 Å². The van der Waals surface area contributed by atoms with Crippen LogP contribution in [0, 0.1) is 0 Å². The number of piperidine rings is 2. The van der Waals surface area contributed by atoms with Gasteiger partial charge >= 0.3 is 0 Å². The van der Waals surface area contributed by atoms with Crippen LogP contribution in [-0.4, -0.2) is 48.1 Å². The Morgan fingerprint density at radius 1 is 0.571 bits per heavy atom. The molecule has 0 amide bonds. The van der Waals surface area contributed by atoms with Crippen molar-refractivity contribution in [2.75, 3.05) is 26.2 Å². The molecule has 4 heteroatoms. The van der Waals surface area contributed by atoms with Crippen molar-refractivity contribution in [2.45, 2.75) is 50.9 Å². The highest BCUT2D eigenvalue weighted by Gasteiger charge is 2.22. The molecule has 0 aliphatic carbocycles. The molecule has 2 fully saturated rings. The van der Waals surface area contributed by atoms with E-state index >= 15 is 0 Å². The Hall–Kier alpha value is -1.72. The predicted molar refractivity (Wildman–Crippen MR) is 116 cm³/mol. The van der Waals surface area contributed by atoms with Gasteiger partial charge in [-0.05, 0) is 36.8 Å². The van der Waals surface area contributed by atoms with Crippen molar-refractivity contribution in [1.82, 2.24) is 20.7 Å². The molecular formula is C24H34N4. The van der Waals surface area contributed by atoms with Gasteiger partial charge < -0.3 is 0 Å². The van der Waals surface area contributed by atoms with Crippen molar-refractivity contribution in [3.05, 3.63) is 71.8 Å². The summed E-state index contributed by atoms with van der Waals surface area (Å²) >= 11 is 0. The molecule has 4 rings (SSSR count). The first-order valence-electron chi connectivity index (χ1n) is 10.9. The van der Waals surface area contributed by atoms with E-state index in [2.05, 4.69) is 81.3 Å². The fourth-order valence-corrected chi connectivity index (χ4v) is 4.39. The monoisotopic (exact) mass is 378 g/mol. The minimum Gasteiger partial charge on any atom is -0.299 e. The van der Waals surface area contributed by atoms with E-state index in [0.29, 0.717) is 12.1 Å². The quantitative estimate of drug-likeness (QED) is 0.723. The van der Waals surface area contributed by atoms with Crippen molar-refractivity contribution < 1.29 is 0 Å². The molecular weight excluding hydrogens is 344 g/mol. The Bertz CT molecular complexity index is 613. The van der Waals surface area contributed by atoms with Crippen LogP contribution in [0.1, 0.15) is 36.8 Å². The third-order valence-electron chi connectivity index (χ3n) is 6.16. The minimum absolute atomic E-state index is 0.606. The lowest BCUT2D eigenvalue weighted by atomic mass is 10.0. The summed E-state index contributed by atoms with van der Waals surface area (Å²) in [6, 6.07) is 22.9. The number of rotatable bonds is 7. The van der Waals surface area contributed by atoms with Crippen LogP contribution < -0.4 is 10.9 Å². The van der Waals surface area contributed by atoms with E-state index in [1.165, 1.54) is 63.0 Å². The smallest absolute Gasteiger partial charge is 0.0237 e. The zero-order chi connectivity index (χ0) is 19.0. The van der Waals surface area contributed by atoms with E-state index < -0.39 is 0 Å². The first kappa shape index (κ1) is 19.6. The van der Waals surface area contributed by atoms with Crippen LogP contribution in [-0.2, 0) is 13.1 Å². The van der Waals surface area contributed by atoms with Crippen LogP contribution in [0.5, 0.6) is 0 Å². The maximum Gasteiger partial charge on any atom is 0.0237 e. The molecule has 0 unspecified atom stereocenters. The number of nitrogens with one attached hydrogen (secondary N) is 2. The summed E-state index contributed by atoms with van der Waals surface area (Å²) in [5, 5.41) is 0. The van der Waals surface area contributed by atoms with Gasteiger partial charge in [-0.15, -0.1) is 0 Å². The van der Waals surface area contributed by atoms with Gasteiger partial charge in [0.1, 0.15) is 0 Å². The van der Waals surface area contributed by atoms with Gasteiger partial charge in [-0.2, -0.15) is 0 Å². The molecule has 28 heavy (non-hydrogen) atoms. The van der Waals surface area contributed by atoms with Gasteiger partial charge in [0.2, 0.25) is 0 Å². The van der Waals surface area contributed by atoms with Crippen LogP contribution in [0.4, 0.5) is 0 Å². The van der Waals surface area contributed by atoms with E-state index in [-0.39, 0.29) is 0 Å². The molecule has 0 aromatic heterocycles. The Kier molecular flexibility index (Phi) is 7.12. The lowest BCUT2D eigenvalue weighted by Crippen LogP contribution is -2.53. The number of hydrazine groups is 1. The van der Waals surface area contributed by atoms with Crippen molar-refractivity contribution in [1.29, 1.82) is 0 Å². The van der Waals surface area contributed by atoms with Crippen molar-refractivity contribution in [3.8, 4) is 0 Å². The van der Waals surface area contributed by atoms with E-state index in [0.717, 1.165) is 13.1 Å². The number of hydrogen-bond donors (Lipinski definition) is 2. The standard InChI is InChI=1S/C24H34N4/c1-3-7-21(8-4-1)19-27-15-11-23(12-16-27)25-26-24-13-17-28(18-14-24)20-22-9-5-2-6-10-22/h1-10,23-26H,11-20H2. The molecule has 2 saturated heterocycles. The molecule has 150 valence electrons. The summed E-state index contributed by atoms with van der Waals surface area (Å²) in [5.74, 6) is 0. The maximum absolute atomic E-state index is 3.65. The van der Waals surface area contributed by atoms with Crippen LogP contribution in [0.15, 0.2) is 60.7 Å². The number of hydrogen-bond acceptors (Lipinski definition) is 4. The zero-order valence-corrected chi connectivity index (χ0v) is 16.9. The summed E-state index contributed by atoms with van der Waals surface area (Å²) in [4.78, 5) is 5.16. The molecule has 4 nitrogen and oxygen atoms in total. The fourth-order valence-electron chi connectivity index (χ4n) is 4.39. The Morgan fingerprint density at radius 2 is 0.929 bits per heavy atom. The van der Waals surface area contributed by atoms with Crippen molar-refractivity contribution >= 4 is 0 Å². The van der Waals surface area contributed by atoms with Gasteiger partial charge in [-0.25, -0.2) is 0 Å². The Morgan fingerprint density at radius 3 is 1.29 bits per heavy atom. The van der Waals surface area contributed by atoms with E-state index in [9.17, 15) is 0 Å². The Labute approximate surface area is 169 Å². The van der Waals surface area contributed by atoms with Gasteiger partial charge in [0.25, 0.3) is 0 Å². The second kappa shape index (κ2) is 10.2. The predicted octanol–water partition coefficient (Wildman–Crippen LogP) is 3.41. The highest BCUT2D eigenvalue weighted by atomic mass is 15.4. The summed E-state index contributed by atoms with van der Waals surface area (Å²) < 4.78 is 0. The maximum atomic E-state index is 3.65. The van der Waals surface area contributed by atoms with E-state index in [1.54, 1.807) is 0 Å². The highest BCUT2D eigenvalue weighted by Crippen LogP contribution is 2.16. The third-order valence-corrected chi connectivity index (χ3v) is 6.16. The molecule has 2 aromatic carbocycles. The van der Waals surface area contributed by atoms with Crippen LogP contribution in [0.25, 0.3) is 0 Å². The molecule has 0 atom stereocenters.